The number of rotatable bonds is 5. The molecule has 0 aliphatic carbocycles. The zero-order valence-corrected chi connectivity index (χ0v) is 18.4. The highest BCUT2D eigenvalue weighted by atomic mass is 16.5. The average Bonchev–Trinajstić information content (AvgIpc) is 3.10. The third-order valence-electron chi connectivity index (χ3n) is 5.99. The molecule has 0 saturated heterocycles. The third kappa shape index (κ3) is 3.25. The van der Waals surface area contributed by atoms with E-state index >= 15 is 0 Å². The van der Waals surface area contributed by atoms with Gasteiger partial charge < -0.3 is 4.74 Å². The van der Waals surface area contributed by atoms with Gasteiger partial charge in [0.1, 0.15) is 5.69 Å². The van der Waals surface area contributed by atoms with Crippen LogP contribution in [0.1, 0.15) is 25.0 Å². The molecule has 160 valence electrons. The summed E-state index contributed by atoms with van der Waals surface area (Å²) in [5, 5.41) is 0. The van der Waals surface area contributed by atoms with Crippen LogP contribution in [0.25, 0.3) is 11.2 Å². The predicted molar refractivity (Wildman–Crippen MR) is 117 cm³/mol. The van der Waals surface area contributed by atoms with Crippen molar-refractivity contribution in [1.82, 2.24) is 14.1 Å². The zero-order chi connectivity index (χ0) is 21.6. The Morgan fingerprint density at radius 1 is 1.23 bits per heavy atom. The topological polar surface area (TPSA) is 76.1 Å². The number of hydrogen-bond donors (Lipinski definition) is 1. The van der Waals surface area contributed by atoms with E-state index in [2.05, 4.69) is 48.9 Å². The number of aromatic nitrogens is 4. The van der Waals surface area contributed by atoms with E-state index in [-0.39, 0.29) is 17.8 Å². The predicted octanol–water partition coefficient (Wildman–Crippen LogP) is 1.76. The van der Waals surface area contributed by atoms with Crippen molar-refractivity contribution in [2.75, 3.05) is 24.7 Å². The fourth-order valence-corrected chi connectivity index (χ4v) is 4.19. The van der Waals surface area contributed by atoms with Crippen molar-refractivity contribution in [3.63, 3.8) is 0 Å². The summed E-state index contributed by atoms with van der Waals surface area (Å²) in [6.45, 7) is 11.0. The molecule has 2 aromatic heterocycles. The molecule has 1 aliphatic heterocycles. The van der Waals surface area contributed by atoms with E-state index in [4.69, 9.17) is 4.74 Å². The summed E-state index contributed by atoms with van der Waals surface area (Å²) >= 11 is 0. The summed E-state index contributed by atoms with van der Waals surface area (Å²) in [4.78, 5) is 31.7. The third-order valence-corrected chi connectivity index (χ3v) is 5.99. The van der Waals surface area contributed by atoms with Crippen LogP contribution in [0.2, 0.25) is 0 Å². The normalized spacial score (nSPS) is 16.3. The molecule has 3 aromatic rings. The van der Waals surface area contributed by atoms with Gasteiger partial charge in [0.2, 0.25) is 11.2 Å². The minimum atomic E-state index is -0.336. The minimum Gasteiger partial charge on any atom is -0.380 e. The standard InChI is InChI=1S/C22H29N5O3/c1-6-30-10-9-25-20(28)18-19(24(5)22(25)29)23-21-26(12-14(2)13-27(18)21)17-8-7-15(3)16(4)11-17/h7-8,11,14H,6,9-10,12-13H2,1-5H3/p+1/t14-/m0/s1. The maximum atomic E-state index is 13.3. The number of benzene rings is 1. The van der Waals surface area contributed by atoms with Crippen molar-refractivity contribution in [3.05, 3.63) is 50.2 Å². The molecule has 1 atom stereocenters. The van der Waals surface area contributed by atoms with Gasteiger partial charge in [0, 0.05) is 19.6 Å². The lowest BCUT2D eigenvalue weighted by Crippen LogP contribution is -2.52. The molecule has 0 fully saturated rings. The van der Waals surface area contributed by atoms with Crippen LogP contribution in [0.3, 0.4) is 0 Å². The van der Waals surface area contributed by atoms with Crippen molar-refractivity contribution in [1.29, 1.82) is 0 Å². The second kappa shape index (κ2) is 7.75. The van der Waals surface area contributed by atoms with Crippen LogP contribution in [0, 0.1) is 19.8 Å². The van der Waals surface area contributed by atoms with E-state index in [9.17, 15) is 9.59 Å². The summed E-state index contributed by atoms with van der Waals surface area (Å²) < 4.78 is 10.2. The molecule has 0 amide bonds. The van der Waals surface area contributed by atoms with Gasteiger partial charge in [0.25, 0.3) is 5.56 Å². The molecular weight excluding hydrogens is 382 g/mol. The second-order valence-corrected chi connectivity index (χ2v) is 8.24. The number of aromatic amines is 1. The van der Waals surface area contributed by atoms with E-state index in [0.29, 0.717) is 30.3 Å². The molecule has 1 aliphatic rings. The first-order valence-corrected chi connectivity index (χ1v) is 10.5. The fraction of sp³-hybridized carbons (Fsp3) is 0.500. The lowest BCUT2D eigenvalue weighted by molar-refractivity contribution is -0.669. The number of nitrogens with one attached hydrogen (secondary N) is 1. The Kier molecular flexibility index (Phi) is 5.27. The van der Waals surface area contributed by atoms with Gasteiger partial charge in [-0.3, -0.25) is 13.9 Å². The Labute approximate surface area is 175 Å². The lowest BCUT2D eigenvalue weighted by atomic mass is 10.1. The van der Waals surface area contributed by atoms with Crippen molar-refractivity contribution in [2.24, 2.45) is 13.0 Å². The first-order chi connectivity index (χ1) is 14.3. The summed E-state index contributed by atoms with van der Waals surface area (Å²) in [5.74, 6) is 1.18. The van der Waals surface area contributed by atoms with Crippen LogP contribution in [0.15, 0.2) is 27.8 Å². The van der Waals surface area contributed by atoms with Crippen LogP contribution in [0.5, 0.6) is 0 Å². The van der Waals surface area contributed by atoms with Gasteiger partial charge in [0.05, 0.1) is 26.2 Å². The molecule has 1 N–H and O–H groups in total. The maximum Gasteiger partial charge on any atom is 0.364 e. The number of ether oxygens (including phenoxy) is 1. The molecule has 30 heavy (non-hydrogen) atoms. The van der Waals surface area contributed by atoms with E-state index in [1.165, 1.54) is 20.3 Å². The molecule has 1 aromatic carbocycles. The summed E-state index contributed by atoms with van der Waals surface area (Å²) in [6.07, 6.45) is 0. The van der Waals surface area contributed by atoms with E-state index in [1.807, 2.05) is 11.5 Å². The van der Waals surface area contributed by atoms with E-state index in [1.54, 1.807) is 7.05 Å². The Hall–Kier alpha value is -2.87. The smallest absolute Gasteiger partial charge is 0.364 e. The van der Waals surface area contributed by atoms with Crippen LogP contribution >= 0.6 is 0 Å². The number of fused-ring (bicyclic) bond motifs is 3. The highest BCUT2D eigenvalue weighted by molar-refractivity contribution is 5.70. The number of nitrogens with zero attached hydrogens (tertiary/aromatic N) is 4. The monoisotopic (exact) mass is 412 g/mol. The van der Waals surface area contributed by atoms with Gasteiger partial charge in [-0.2, -0.15) is 0 Å². The largest absolute Gasteiger partial charge is 0.380 e. The SMILES string of the molecule is CCOCCn1c(=O)c2c([nH]c3[n+]2C[C@@H](C)CN3c2ccc(C)c(C)c2)n(C)c1=O. The molecule has 0 unspecified atom stereocenters. The van der Waals surface area contributed by atoms with Crippen molar-refractivity contribution in [2.45, 2.75) is 40.8 Å². The molecule has 8 heteroatoms. The average molecular weight is 413 g/mol. The molecule has 4 rings (SSSR count). The van der Waals surface area contributed by atoms with Gasteiger partial charge in [-0.15, -0.1) is 0 Å². The Bertz CT molecular complexity index is 1220. The fourth-order valence-electron chi connectivity index (χ4n) is 4.19. The van der Waals surface area contributed by atoms with Gasteiger partial charge in [-0.05, 0) is 44.0 Å². The van der Waals surface area contributed by atoms with Crippen LogP contribution < -0.4 is 20.7 Å². The maximum absolute atomic E-state index is 13.3. The van der Waals surface area contributed by atoms with Crippen molar-refractivity contribution >= 4 is 22.8 Å². The van der Waals surface area contributed by atoms with Crippen molar-refractivity contribution < 1.29 is 9.30 Å². The van der Waals surface area contributed by atoms with Crippen molar-refractivity contribution in [3.8, 4) is 0 Å². The highest BCUT2D eigenvalue weighted by Crippen LogP contribution is 2.29. The van der Waals surface area contributed by atoms with Gasteiger partial charge >= 0.3 is 11.6 Å². The Morgan fingerprint density at radius 3 is 2.70 bits per heavy atom. The van der Waals surface area contributed by atoms with Crippen LogP contribution in [-0.2, 0) is 24.9 Å². The first-order valence-electron chi connectivity index (χ1n) is 10.5. The van der Waals surface area contributed by atoms with E-state index in [0.717, 1.165) is 24.7 Å². The molecular formula is C22H30N5O3+. The summed E-state index contributed by atoms with van der Waals surface area (Å²) in [5.41, 5.74) is 4.01. The van der Waals surface area contributed by atoms with Gasteiger partial charge in [-0.25, -0.2) is 19.2 Å². The quantitative estimate of drug-likeness (QED) is 0.512. The molecule has 0 saturated carbocycles. The zero-order valence-electron chi connectivity index (χ0n) is 18.4. The highest BCUT2D eigenvalue weighted by Gasteiger charge is 2.36. The van der Waals surface area contributed by atoms with Crippen LogP contribution in [0.4, 0.5) is 11.6 Å². The molecule has 0 radical (unpaired) electrons. The minimum absolute atomic E-state index is 0.242. The van der Waals surface area contributed by atoms with Crippen LogP contribution in [-0.4, -0.2) is 33.9 Å². The molecule has 3 heterocycles. The lowest BCUT2D eigenvalue weighted by Gasteiger charge is -2.26. The molecule has 8 nitrogen and oxygen atoms in total. The van der Waals surface area contributed by atoms with Gasteiger partial charge in [-0.1, -0.05) is 13.0 Å². The Balaban J connectivity index is 1.92. The summed E-state index contributed by atoms with van der Waals surface area (Å²) in [7, 11) is 1.70. The number of anilines is 2. The number of hydrogen-bond acceptors (Lipinski definition) is 4. The number of H-pyrrole nitrogens is 1. The van der Waals surface area contributed by atoms with Gasteiger partial charge in [0.15, 0.2) is 0 Å². The Morgan fingerprint density at radius 2 is 2.00 bits per heavy atom. The molecule has 0 spiro atoms. The number of aryl methyl sites for hydroxylation is 3. The number of imidazole rings is 1. The second-order valence-electron chi connectivity index (χ2n) is 8.24. The summed E-state index contributed by atoms with van der Waals surface area (Å²) in [6, 6.07) is 6.39. The first kappa shape index (κ1) is 20.4. The molecule has 0 bridgehead atoms. The van der Waals surface area contributed by atoms with E-state index < -0.39 is 0 Å².